The van der Waals surface area contributed by atoms with Crippen LogP contribution >= 0.6 is 0 Å². The quantitative estimate of drug-likeness (QED) is 0.735. The Balaban J connectivity index is 2.31. The molecular formula is C23H29FO4S. The van der Waals surface area contributed by atoms with Crippen LogP contribution < -0.4 is 0 Å². The zero-order valence-electron chi connectivity index (χ0n) is 16.9. The topological polar surface area (TPSA) is 74.6 Å². The fourth-order valence-corrected chi connectivity index (χ4v) is 6.84. The predicted molar refractivity (Wildman–Crippen MR) is 111 cm³/mol. The van der Waals surface area contributed by atoms with Crippen molar-refractivity contribution in [3.8, 4) is 0 Å². The maximum absolute atomic E-state index is 14.1. The number of unbranched alkanes of at least 4 members (excludes halogenated alkanes) is 1. The molecular weight excluding hydrogens is 391 g/mol. The van der Waals surface area contributed by atoms with Crippen molar-refractivity contribution in [3.63, 3.8) is 0 Å². The number of hydrogen-bond donors (Lipinski definition) is 2. The van der Waals surface area contributed by atoms with E-state index in [2.05, 4.69) is 0 Å². The summed E-state index contributed by atoms with van der Waals surface area (Å²) < 4.78 is 40.8. The van der Waals surface area contributed by atoms with E-state index >= 15 is 0 Å². The molecule has 0 aliphatic carbocycles. The molecule has 0 radical (unpaired) electrons. The van der Waals surface area contributed by atoms with Gasteiger partial charge in [0.2, 0.25) is 0 Å². The van der Waals surface area contributed by atoms with E-state index in [4.69, 9.17) is 0 Å². The maximum Gasteiger partial charge on any atom is 0.179 e. The lowest BCUT2D eigenvalue weighted by molar-refractivity contribution is 0.0173. The van der Waals surface area contributed by atoms with Crippen molar-refractivity contribution in [2.24, 2.45) is 5.41 Å². The molecule has 0 saturated heterocycles. The van der Waals surface area contributed by atoms with Gasteiger partial charge in [-0.15, -0.1) is 0 Å². The van der Waals surface area contributed by atoms with Crippen LogP contribution in [0.4, 0.5) is 4.39 Å². The zero-order valence-corrected chi connectivity index (χ0v) is 17.8. The Kier molecular flexibility index (Phi) is 6.46. The van der Waals surface area contributed by atoms with Gasteiger partial charge in [0.05, 0.1) is 23.4 Å². The van der Waals surface area contributed by atoms with E-state index in [9.17, 15) is 23.0 Å². The lowest BCUT2D eigenvalue weighted by Crippen LogP contribution is -2.42. The molecule has 4 nitrogen and oxygen atoms in total. The summed E-state index contributed by atoms with van der Waals surface area (Å²) >= 11 is 0. The van der Waals surface area contributed by atoms with Crippen LogP contribution in [0.5, 0.6) is 0 Å². The summed E-state index contributed by atoms with van der Waals surface area (Å²) in [7, 11) is -3.67. The van der Waals surface area contributed by atoms with E-state index in [1.807, 2.05) is 13.8 Å². The number of sulfone groups is 1. The molecule has 3 rings (SSSR count). The monoisotopic (exact) mass is 420 g/mol. The number of aliphatic hydroxyl groups is 2. The van der Waals surface area contributed by atoms with Crippen LogP contribution in [0, 0.1) is 11.2 Å². The molecule has 1 heterocycles. The van der Waals surface area contributed by atoms with Crippen LogP contribution in [-0.2, 0) is 16.4 Å². The second-order valence-corrected chi connectivity index (χ2v) is 10.0. The van der Waals surface area contributed by atoms with Gasteiger partial charge >= 0.3 is 0 Å². The van der Waals surface area contributed by atoms with Gasteiger partial charge in [-0.05, 0) is 47.7 Å². The molecule has 1 aliphatic rings. The normalized spacial score (nSPS) is 26.0. The van der Waals surface area contributed by atoms with E-state index in [0.29, 0.717) is 29.5 Å². The molecule has 1 aliphatic heterocycles. The van der Waals surface area contributed by atoms with Crippen LogP contribution in [0.2, 0.25) is 0 Å². The fraction of sp³-hybridized carbons (Fsp3) is 0.478. The summed E-state index contributed by atoms with van der Waals surface area (Å²) in [6.45, 7) is 3.70. The Hall–Kier alpha value is -1.76. The predicted octanol–water partition coefficient (Wildman–Crippen LogP) is 4.18. The third kappa shape index (κ3) is 4.11. The van der Waals surface area contributed by atoms with Gasteiger partial charge in [0, 0.05) is 11.3 Å². The van der Waals surface area contributed by atoms with Crippen molar-refractivity contribution in [2.45, 2.75) is 63.1 Å². The van der Waals surface area contributed by atoms with Crippen molar-refractivity contribution in [1.82, 2.24) is 0 Å². The molecule has 0 saturated carbocycles. The second kappa shape index (κ2) is 8.54. The highest BCUT2D eigenvalue weighted by Crippen LogP contribution is 2.48. The number of benzene rings is 2. The third-order valence-corrected chi connectivity index (χ3v) is 8.28. The first-order valence-electron chi connectivity index (χ1n) is 10.2. The minimum atomic E-state index is -3.67. The van der Waals surface area contributed by atoms with Gasteiger partial charge in [0.15, 0.2) is 9.84 Å². The molecule has 0 aromatic heterocycles. The summed E-state index contributed by atoms with van der Waals surface area (Å²) in [6.07, 6.45) is 1.77. The number of aliphatic hydroxyl groups excluding tert-OH is 2. The molecule has 2 aromatic carbocycles. The van der Waals surface area contributed by atoms with E-state index in [-0.39, 0.29) is 17.3 Å². The second-order valence-electron chi connectivity index (χ2n) is 8.09. The van der Waals surface area contributed by atoms with E-state index in [1.165, 1.54) is 18.2 Å². The van der Waals surface area contributed by atoms with Crippen LogP contribution in [-0.4, -0.2) is 30.5 Å². The Labute approximate surface area is 172 Å². The number of fused-ring (bicyclic) bond motifs is 1. The lowest BCUT2D eigenvalue weighted by atomic mass is 9.69. The number of rotatable bonds is 6. The summed E-state index contributed by atoms with van der Waals surface area (Å²) in [5.41, 5.74) is 0.705. The maximum atomic E-state index is 14.1. The number of halogens is 1. The number of hydrogen-bond acceptors (Lipinski definition) is 4. The van der Waals surface area contributed by atoms with Gasteiger partial charge < -0.3 is 10.2 Å². The molecule has 2 N–H and O–H groups in total. The molecule has 2 aromatic rings. The van der Waals surface area contributed by atoms with E-state index in [1.54, 1.807) is 24.3 Å². The van der Waals surface area contributed by atoms with Crippen molar-refractivity contribution >= 4 is 9.84 Å². The Morgan fingerprint density at radius 3 is 2.55 bits per heavy atom. The van der Waals surface area contributed by atoms with Crippen molar-refractivity contribution in [2.75, 3.05) is 5.75 Å². The van der Waals surface area contributed by atoms with Gasteiger partial charge in [-0.2, -0.15) is 0 Å². The lowest BCUT2D eigenvalue weighted by Gasteiger charge is -2.39. The average Bonchev–Trinajstić information content (AvgIpc) is 2.77. The molecule has 158 valence electrons. The van der Waals surface area contributed by atoms with E-state index in [0.717, 1.165) is 12.8 Å². The highest BCUT2D eigenvalue weighted by Gasteiger charge is 2.48. The largest absolute Gasteiger partial charge is 0.392 e. The Bertz CT molecular complexity index is 973. The highest BCUT2D eigenvalue weighted by atomic mass is 32.2. The van der Waals surface area contributed by atoms with Crippen molar-refractivity contribution in [1.29, 1.82) is 0 Å². The Morgan fingerprint density at radius 1 is 1.17 bits per heavy atom. The molecule has 6 heteroatoms. The van der Waals surface area contributed by atoms with Crippen LogP contribution in [0.1, 0.15) is 62.1 Å². The minimum Gasteiger partial charge on any atom is -0.392 e. The van der Waals surface area contributed by atoms with Crippen LogP contribution in [0.3, 0.4) is 0 Å². The SMILES string of the molecule is CCCC[C@]1(CC)CS(=O)(=O)c2ccc(CO)cc2[C@@H](c2cccc(F)c2)[C@H]1O. The van der Waals surface area contributed by atoms with Gasteiger partial charge in [0.25, 0.3) is 0 Å². The molecule has 0 unspecified atom stereocenters. The standard InChI is InChI=1S/C23H29FO4S/c1-3-5-11-23(4-2)15-29(27,28)20-10-9-16(14-25)12-19(20)21(22(23)26)17-7-6-8-18(24)13-17/h6-10,12-13,21-22,25-26H,3-5,11,14-15H2,1-2H3/t21-,22-,23-/m1/s1. The van der Waals surface area contributed by atoms with Crippen molar-refractivity contribution < 1.29 is 23.0 Å². The smallest absolute Gasteiger partial charge is 0.179 e. The first-order chi connectivity index (χ1) is 13.8. The molecule has 29 heavy (non-hydrogen) atoms. The van der Waals surface area contributed by atoms with Crippen LogP contribution in [0.15, 0.2) is 47.4 Å². The van der Waals surface area contributed by atoms with Gasteiger partial charge in [-0.1, -0.05) is 51.0 Å². The fourth-order valence-electron chi connectivity index (χ4n) is 4.59. The van der Waals surface area contributed by atoms with Gasteiger partial charge in [-0.25, -0.2) is 12.8 Å². The van der Waals surface area contributed by atoms with Crippen LogP contribution in [0.25, 0.3) is 0 Å². The van der Waals surface area contributed by atoms with Crippen molar-refractivity contribution in [3.05, 3.63) is 65.0 Å². The highest BCUT2D eigenvalue weighted by molar-refractivity contribution is 7.91. The molecule has 0 amide bonds. The van der Waals surface area contributed by atoms with E-state index < -0.39 is 33.1 Å². The molecule has 0 fully saturated rings. The first kappa shape index (κ1) is 21.9. The zero-order chi connectivity index (χ0) is 21.2. The average molecular weight is 421 g/mol. The first-order valence-corrected chi connectivity index (χ1v) is 11.8. The summed E-state index contributed by atoms with van der Waals surface area (Å²) in [6, 6.07) is 10.7. The molecule has 3 atom stereocenters. The summed E-state index contributed by atoms with van der Waals surface area (Å²) in [4.78, 5) is 0.162. The van der Waals surface area contributed by atoms with Gasteiger partial charge in [-0.3, -0.25) is 0 Å². The molecule has 0 bridgehead atoms. The van der Waals surface area contributed by atoms with Gasteiger partial charge in [0.1, 0.15) is 5.82 Å². The Morgan fingerprint density at radius 2 is 1.93 bits per heavy atom. The summed E-state index contributed by atoms with van der Waals surface area (Å²) in [5.74, 6) is -1.27. The molecule has 0 spiro atoms. The minimum absolute atomic E-state index is 0.144. The summed E-state index contributed by atoms with van der Waals surface area (Å²) in [5, 5.41) is 21.2. The third-order valence-electron chi connectivity index (χ3n) is 6.29.